The van der Waals surface area contributed by atoms with Gasteiger partial charge in [-0.05, 0) is 51.6 Å². The summed E-state index contributed by atoms with van der Waals surface area (Å²) in [6.45, 7) is 1.31. The second-order valence-corrected chi connectivity index (χ2v) is 6.14. The molecular formula is C17H20F2N3O3P. The summed E-state index contributed by atoms with van der Waals surface area (Å²) in [4.78, 5) is 4.20. The van der Waals surface area contributed by atoms with Crippen molar-refractivity contribution in [1.82, 2.24) is 4.98 Å². The number of rotatable bonds is 8. The number of anilines is 2. The van der Waals surface area contributed by atoms with Crippen molar-refractivity contribution >= 4 is 26.5 Å². The first-order valence-electron chi connectivity index (χ1n) is 7.83. The van der Waals surface area contributed by atoms with E-state index in [4.69, 9.17) is 5.41 Å². The number of hydrogen-bond acceptors (Lipinski definition) is 6. The number of halogens is 2. The molecule has 0 bridgehead atoms. The summed E-state index contributed by atoms with van der Waals surface area (Å²) in [6, 6.07) is 7.35. The molecule has 1 aromatic carbocycles. The predicted molar refractivity (Wildman–Crippen MR) is 98.4 cm³/mol. The Morgan fingerprint density at radius 1 is 1.35 bits per heavy atom. The number of aromatic nitrogens is 1. The molecule has 140 valence electrons. The van der Waals surface area contributed by atoms with Gasteiger partial charge in [-0.3, -0.25) is 0 Å². The zero-order valence-electron chi connectivity index (χ0n) is 14.0. The van der Waals surface area contributed by atoms with E-state index in [1.54, 1.807) is 13.0 Å². The maximum atomic E-state index is 12.8. The molecular weight excluding hydrogens is 363 g/mol. The molecule has 2 rings (SSSR count). The lowest BCUT2D eigenvalue weighted by Crippen LogP contribution is -2.15. The summed E-state index contributed by atoms with van der Waals surface area (Å²) in [7, 11) is 1.30. The van der Waals surface area contributed by atoms with Gasteiger partial charge < -0.3 is 25.7 Å². The molecule has 6 nitrogen and oxygen atoms in total. The van der Waals surface area contributed by atoms with E-state index in [9.17, 15) is 19.0 Å². The Balaban J connectivity index is 2.32. The lowest BCUT2D eigenvalue weighted by molar-refractivity contribution is -0.0892. The molecule has 0 amide bonds. The zero-order valence-corrected chi connectivity index (χ0v) is 15.2. The molecule has 0 aliphatic heterocycles. The Morgan fingerprint density at radius 3 is 2.54 bits per heavy atom. The number of hydrogen-bond donors (Lipinski definition) is 4. The highest BCUT2D eigenvalue weighted by Crippen LogP contribution is 2.30. The van der Waals surface area contributed by atoms with Crippen molar-refractivity contribution in [2.24, 2.45) is 0 Å². The van der Waals surface area contributed by atoms with E-state index in [0.29, 0.717) is 29.1 Å². The molecule has 1 aromatic heterocycles. The fourth-order valence-corrected chi connectivity index (χ4v) is 2.48. The maximum Gasteiger partial charge on any atom is 0.408 e. The summed E-state index contributed by atoms with van der Waals surface area (Å²) in [5.74, 6) is -3.03. The average molecular weight is 383 g/mol. The van der Waals surface area contributed by atoms with Crippen molar-refractivity contribution in [3.05, 3.63) is 47.7 Å². The first-order chi connectivity index (χ1) is 12.2. The van der Waals surface area contributed by atoms with E-state index < -0.39 is 18.6 Å². The molecule has 0 radical (unpaired) electrons. The first-order valence-corrected chi connectivity index (χ1v) is 8.41. The van der Waals surface area contributed by atoms with Gasteiger partial charge in [-0.1, -0.05) is 6.92 Å². The SMILES string of the molecule is CCC(=N)c1c(C(O)CO)ccnc1Nc1ccc(OC(F)(F)P)cc1. The molecule has 0 aliphatic carbocycles. The summed E-state index contributed by atoms with van der Waals surface area (Å²) >= 11 is 0. The molecule has 2 aromatic rings. The number of alkyl halides is 2. The minimum absolute atomic E-state index is 0.00510. The molecule has 26 heavy (non-hydrogen) atoms. The van der Waals surface area contributed by atoms with E-state index >= 15 is 0 Å². The Hall–Kier alpha value is -2.15. The molecule has 9 heteroatoms. The van der Waals surface area contributed by atoms with Crippen LogP contribution in [0, 0.1) is 5.41 Å². The quantitative estimate of drug-likeness (QED) is 0.414. The molecule has 0 aliphatic rings. The van der Waals surface area contributed by atoms with Crippen LogP contribution < -0.4 is 10.1 Å². The second kappa shape index (κ2) is 8.49. The smallest absolute Gasteiger partial charge is 0.408 e. The van der Waals surface area contributed by atoms with Gasteiger partial charge in [-0.2, -0.15) is 8.78 Å². The Kier molecular flexibility index (Phi) is 6.58. The summed E-state index contributed by atoms with van der Waals surface area (Å²) < 4.78 is 30.1. The number of pyridine rings is 1. The molecule has 0 saturated heterocycles. The molecule has 4 N–H and O–H groups in total. The van der Waals surface area contributed by atoms with Crippen molar-refractivity contribution in [2.75, 3.05) is 11.9 Å². The number of aliphatic hydroxyl groups excluding tert-OH is 2. The third-order valence-electron chi connectivity index (χ3n) is 3.54. The van der Waals surface area contributed by atoms with Gasteiger partial charge >= 0.3 is 5.85 Å². The van der Waals surface area contributed by atoms with E-state index in [-0.39, 0.29) is 11.5 Å². The number of nitrogens with one attached hydrogen (secondary N) is 2. The average Bonchev–Trinajstić information content (AvgIpc) is 2.60. The highest BCUT2D eigenvalue weighted by atomic mass is 31.0. The van der Waals surface area contributed by atoms with Crippen LogP contribution in [0.4, 0.5) is 20.3 Å². The van der Waals surface area contributed by atoms with Crippen LogP contribution in [-0.2, 0) is 0 Å². The van der Waals surface area contributed by atoms with Gasteiger partial charge in [0.2, 0.25) is 0 Å². The molecule has 1 heterocycles. The van der Waals surface area contributed by atoms with Crippen LogP contribution in [0.15, 0.2) is 36.5 Å². The maximum absolute atomic E-state index is 12.8. The molecule has 0 fully saturated rings. The van der Waals surface area contributed by atoms with Gasteiger partial charge in [0.15, 0.2) is 0 Å². The monoisotopic (exact) mass is 383 g/mol. The van der Waals surface area contributed by atoms with Crippen LogP contribution in [-0.4, -0.2) is 33.4 Å². The molecule has 0 saturated carbocycles. The van der Waals surface area contributed by atoms with Gasteiger partial charge in [-0.25, -0.2) is 4.98 Å². The Bertz CT molecular complexity index is 767. The normalized spacial score (nSPS) is 12.5. The van der Waals surface area contributed by atoms with Crippen LogP contribution in [0.25, 0.3) is 0 Å². The number of aliphatic hydroxyl groups is 2. The molecule has 2 unspecified atom stereocenters. The third kappa shape index (κ3) is 5.17. The van der Waals surface area contributed by atoms with Crippen LogP contribution in [0.3, 0.4) is 0 Å². The minimum Gasteiger partial charge on any atom is -0.430 e. The van der Waals surface area contributed by atoms with Gasteiger partial charge in [-0.15, -0.1) is 0 Å². The van der Waals surface area contributed by atoms with E-state index in [0.717, 1.165) is 0 Å². The second-order valence-electron chi connectivity index (χ2n) is 5.47. The van der Waals surface area contributed by atoms with Crippen molar-refractivity contribution < 1.29 is 23.7 Å². The lowest BCUT2D eigenvalue weighted by Gasteiger charge is -2.18. The standard InChI is InChI=1S/C17H20F2N3O3P/c1-2-13(20)15-12(14(24)9-23)7-8-21-16(15)22-10-3-5-11(6-4-10)25-17(18,19)26/h3-8,14,20,23-24H,2,9,26H2,1H3,(H,21,22). The highest BCUT2D eigenvalue weighted by molar-refractivity contribution is 7.17. The minimum atomic E-state index is -3.35. The Morgan fingerprint density at radius 2 is 2.00 bits per heavy atom. The van der Waals surface area contributed by atoms with Crippen molar-refractivity contribution in [3.63, 3.8) is 0 Å². The van der Waals surface area contributed by atoms with Crippen molar-refractivity contribution in [2.45, 2.75) is 25.3 Å². The van der Waals surface area contributed by atoms with Crippen molar-refractivity contribution in [1.29, 1.82) is 5.41 Å². The van der Waals surface area contributed by atoms with Crippen LogP contribution in [0.2, 0.25) is 0 Å². The van der Waals surface area contributed by atoms with Gasteiger partial charge in [0, 0.05) is 23.2 Å². The Labute approximate surface area is 151 Å². The fourth-order valence-electron chi connectivity index (χ4n) is 2.34. The van der Waals surface area contributed by atoms with E-state index in [2.05, 4.69) is 15.0 Å². The first kappa shape index (κ1) is 20.2. The molecule has 2 atom stereocenters. The van der Waals surface area contributed by atoms with E-state index in [1.165, 1.54) is 39.7 Å². The number of benzene rings is 1. The molecule has 0 spiro atoms. The fraction of sp³-hybridized carbons (Fsp3) is 0.294. The number of nitrogens with zero attached hydrogens (tertiary/aromatic N) is 1. The van der Waals surface area contributed by atoms with Crippen LogP contribution in [0.5, 0.6) is 5.75 Å². The van der Waals surface area contributed by atoms with Gasteiger partial charge in [0.1, 0.15) is 17.7 Å². The van der Waals surface area contributed by atoms with Crippen LogP contribution >= 0.6 is 9.24 Å². The summed E-state index contributed by atoms with van der Waals surface area (Å²) in [5, 5.41) is 30.4. The lowest BCUT2D eigenvalue weighted by atomic mass is 9.98. The largest absolute Gasteiger partial charge is 0.430 e. The summed E-state index contributed by atoms with van der Waals surface area (Å²) in [5.41, 5.74) is 1.57. The van der Waals surface area contributed by atoms with Crippen molar-refractivity contribution in [3.8, 4) is 5.75 Å². The zero-order chi connectivity index (χ0) is 19.3. The van der Waals surface area contributed by atoms with Gasteiger partial charge in [0.05, 0.1) is 6.61 Å². The number of ether oxygens (including phenoxy) is 1. The third-order valence-corrected chi connectivity index (χ3v) is 3.66. The summed E-state index contributed by atoms with van der Waals surface area (Å²) in [6.07, 6.45) is 0.720. The van der Waals surface area contributed by atoms with Crippen LogP contribution in [0.1, 0.15) is 30.6 Å². The predicted octanol–water partition coefficient (Wildman–Crippen LogP) is 3.43. The highest BCUT2D eigenvalue weighted by Gasteiger charge is 2.23. The topological polar surface area (TPSA) is 98.5 Å². The van der Waals surface area contributed by atoms with Gasteiger partial charge in [0.25, 0.3) is 0 Å². The van der Waals surface area contributed by atoms with E-state index in [1.807, 2.05) is 0 Å².